The fourth-order valence-electron chi connectivity index (χ4n) is 1.51. The summed E-state index contributed by atoms with van der Waals surface area (Å²) in [6.07, 6.45) is 0. The first-order valence-electron chi connectivity index (χ1n) is 6.11. The Bertz CT molecular complexity index is 448. The number of hydrogen-bond donors (Lipinski definition) is 2. The Hall–Kier alpha value is -0.860. The molecule has 0 aliphatic heterocycles. The van der Waals surface area contributed by atoms with Gasteiger partial charge in [-0.3, -0.25) is 0 Å². The second kappa shape index (κ2) is 8.43. The van der Waals surface area contributed by atoms with Crippen molar-refractivity contribution in [1.82, 2.24) is 0 Å². The van der Waals surface area contributed by atoms with Crippen molar-refractivity contribution in [3.05, 3.63) is 60.7 Å². The first-order chi connectivity index (χ1) is 9.77. The third-order valence-electron chi connectivity index (χ3n) is 2.46. The highest BCUT2D eigenvalue weighted by molar-refractivity contribution is 7.55. The molecule has 6 heteroatoms. The van der Waals surface area contributed by atoms with Gasteiger partial charge < -0.3 is 18.8 Å². The van der Waals surface area contributed by atoms with Gasteiger partial charge >= 0.3 is 0 Å². The van der Waals surface area contributed by atoms with Gasteiger partial charge in [0.1, 0.15) is 0 Å². The molecule has 0 heterocycles. The van der Waals surface area contributed by atoms with E-state index in [9.17, 15) is 9.79 Å². The summed E-state index contributed by atoms with van der Waals surface area (Å²) in [7, 11) is -3.23. The summed E-state index contributed by atoms with van der Waals surface area (Å²) >= 11 is 0. The van der Waals surface area contributed by atoms with Crippen molar-refractivity contribution in [2.45, 2.75) is 0 Å². The van der Waals surface area contributed by atoms with Gasteiger partial charge in [0.15, 0.2) is 0 Å². The van der Waals surface area contributed by atoms with Crippen LogP contribution >= 0.6 is 16.8 Å². The molecule has 0 aliphatic rings. The Morgan fingerprint density at radius 1 is 0.650 bits per heavy atom. The second-order valence-corrected chi connectivity index (χ2v) is 6.52. The van der Waals surface area contributed by atoms with Crippen LogP contribution in [0.15, 0.2) is 60.7 Å². The molecule has 2 rings (SSSR count). The van der Waals surface area contributed by atoms with Crippen LogP contribution in [0.5, 0.6) is 0 Å². The number of benzene rings is 2. The van der Waals surface area contributed by atoms with E-state index in [0.717, 1.165) is 10.6 Å². The predicted octanol–water partition coefficient (Wildman–Crippen LogP) is 2.28. The molecule has 0 aliphatic carbocycles. The number of hydrogen-bond acceptors (Lipinski definition) is 4. The topological polar surface area (TPSA) is 58.9 Å². The second-order valence-electron chi connectivity index (χ2n) is 3.88. The molecule has 0 spiro atoms. The molecule has 0 amide bonds. The average Bonchev–Trinajstić information content (AvgIpc) is 2.53. The first kappa shape index (κ1) is 15.5. The lowest BCUT2D eigenvalue weighted by Crippen LogP contribution is -2.08. The Morgan fingerprint density at radius 2 is 1.00 bits per heavy atom. The Balaban J connectivity index is 1.69. The van der Waals surface area contributed by atoms with E-state index >= 15 is 0 Å². The maximum absolute atomic E-state index is 9.83. The van der Waals surface area contributed by atoms with Crippen molar-refractivity contribution in [2.75, 3.05) is 13.2 Å². The lowest BCUT2D eigenvalue weighted by atomic mass is 10.4. The van der Waals surface area contributed by atoms with E-state index in [2.05, 4.69) is 0 Å². The van der Waals surface area contributed by atoms with E-state index in [1.165, 1.54) is 0 Å². The highest BCUT2D eigenvalue weighted by atomic mass is 31.2. The van der Waals surface area contributed by atoms with Crippen molar-refractivity contribution in [2.24, 2.45) is 0 Å². The molecule has 0 saturated carbocycles. The third-order valence-corrected chi connectivity index (χ3v) is 4.80. The van der Waals surface area contributed by atoms with Crippen molar-refractivity contribution < 1.29 is 18.8 Å². The van der Waals surface area contributed by atoms with Crippen LogP contribution in [-0.4, -0.2) is 23.0 Å². The van der Waals surface area contributed by atoms with Crippen LogP contribution in [0.2, 0.25) is 0 Å². The largest absolute Gasteiger partial charge is 0.346 e. The Labute approximate surface area is 120 Å². The molecule has 2 aromatic rings. The van der Waals surface area contributed by atoms with Crippen LogP contribution in [0.3, 0.4) is 0 Å². The quantitative estimate of drug-likeness (QED) is 0.608. The van der Waals surface area contributed by atoms with Gasteiger partial charge in [0.2, 0.25) is 16.8 Å². The molecule has 2 unspecified atom stereocenters. The Kier molecular flexibility index (Phi) is 6.55. The molecule has 0 fully saturated rings. The van der Waals surface area contributed by atoms with E-state index < -0.39 is 16.8 Å². The molecule has 20 heavy (non-hydrogen) atoms. The zero-order valence-corrected chi connectivity index (χ0v) is 12.6. The van der Waals surface area contributed by atoms with E-state index in [1.807, 2.05) is 60.7 Å². The summed E-state index contributed by atoms with van der Waals surface area (Å²) in [6.45, 7) is 0.479. The van der Waals surface area contributed by atoms with Crippen LogP contribution in [-0.2, 0) is 9.05 Å². The van der Waals surface area contributed by atoms with Crippen molar-refractivity contribution in [3.63, 3.8) is 0 Å². The fourth-order valence-corrected chi connectivity index (χ4v) is 3.16. The standard InChI is InChI=1S/C14H16O4P2/c15-19(13-7-3-1-4-8-13)17-11-12-18-20(16)14-9-5-2-6-10-14/h1-10,15-16H,11-12H2. The molecule has 106 valence electrons. The lowest BCUT2D eigenvalue weighted by molar-refractivity contribution is 0.222. The maximum Gasteiger partial charge on any atom is 0.202 e. The molecular formula is C14H16O4P2. The molecule has 0 bridgehead atoms. The van der Waals surface area contributed by atoms with Crippen LogP contribution in [0.25, 0.3) is 0 Å². The smallest absolute Gasteiger partial charge is 0.202 e. The van der Waals surface area contributed by atoms with Crippen LogP contribution in [0, 0.1) is 0 Å². The minimum Gasteiger partial charge on any atom is -0.346 e. The molecule has 4 nitrogen and oxygen atoms in total. The fraction of sp³-hybridized carbons (Fsp3) is 0.143. The van der Waals surface area contributed by atoms with Gasteiger partial charge in [-0.25, -0.2) is 0 Å². The summed E-state index contributed by atoms with van der Waals surface area (Å²) < 4.78 is 10.6. The first-order valence-corrected chi connectivity index (χ1v) is 8.54. The van der Waals surface area contributed by atoms with Gasteiger partial charge in [-0.1, -0.05) is 36.4 Å². The van der Waals surface area contributed by atoms with Crippen molar-refractivity contribution in [1.29, 1.82) is 0 Å². The highest BCUT2D eigenvalue weighted by Gasteiger charge is 2.10. The lowest BCUT2D eigenvalue weighted by Gasteiger charge is -2.13. The van der Waals surface area contributed by atoms with Gasteiger partial charge in [-0.15, -0.1) is 0 Å². The van der Waals surface area contributed by atoms with Gasteiger partial charge in [0.25, 0.3) is 0 Å². The van der Waals surface area contributed by atoms with E-state index in [0.29, 0.717) is 0 Å². The average molecular weight is 310 g/mol. The summed E-state index contributed by atoms with van der Waals surface area (Å²) in [5.74, 6) is 0. The summed E-state index contributed by atoms with van der Waals surface area (Å²) in [4.78, 5) is 19.7. The highest BCUT2D eigenvalue weighted by Crippen LogP contribution is 2.32. The monoisotopic (exact) mass is 310 g/mol. The molecule has 2 aromatic carbocycles. The van der Waals surface area contributed by atoms with Gasteiger partial charge in [-0.2, -0.15) is 0 Å². The van der Waals surface area contributed by atoms with Crippen LogP contribution < -0.4 is 10.6 Å². The molecule has 0 aromatic heterocycles. The van der Waals surface area contributed by atoms with E-state index in [-0.39, 0.29) is 13.2 Å². The molecule has 2 N–H and O–H groups in total. The number of rotatable bonds is 7. The predicted molar refractivity (Wildman–Crippen MR) is 82.3 cm³/mol. The van der Waals surface area contributed by atoms with Crippen LogP contribution in [0.1, 0.15) is 0 Å². The minimum atomic E-state index is -1.62. The maximum atomic E-state index is 9.83. The molecule has 0 saturated heterocycles. The summed E-state index contributed by atoms with van der Waals surface area (Å²) in [5, 5.41) is 1.52. The molecular weight excluding hydrogens is 294 g/mol. The van der Waals surface area contributed by atoms with Crippen LogP contribution in [0.4, 0.5) is 0 Å². The third kappa shape index (κ3) is 4.92. The molecule has 2 atom stereocenters. The van der Waals surface area contributed by atoms with Gasteiger partial charge in [0, 0.05) is 10.6 Å². The van der Waals surface area contributed by atoms with Crippen molar-refractivity contribution in [3.8, 4) is 0 Å². The van der Waals surface area contributed by atoms with Crippen molar-refractivity contribution >= 4 is 27.4 Å². The SMILES string of the molecule is OP(OCCOP(O)c1ccccc1)c1ccccc1. The zero-order chi connectivity index (χ0) is 14.2. The minimum absolute atomic E-state index is 0.239. The van der Waals surface area contributed by atoms with Gasteiger partial charge in [-0.05, 0) is 24.3 Å². The normalized spacial score (nSPS) is 13.9. The Morgan fingerprint density at radius 3 is 1.35 bits per heavy atom. The van der Waals surface area contributed by atoms with E-state index in [1.54, 1.807) is 0 Å². The van der Waals surface area contributed by atoms with Gasteiger partial charge in [0.05, 0.1) is 13.2 Å². The summed E-state index contributed by atoms with van der Waals surface area (Å²) in [5.41, 5.74) is 0. The molecule has 0 radical (unpaired) electrons. The van der Waals surface area contributed by atoms with E-state index in [4.69, 9.17) is 9.05 Å². The summed E-state index contributed by atoms with van der Waals surface area (Å²) in [6, 6.07) is 18.4. The zero-order valence-electron chi connectivity index (χ0n) is 10.8.